The molecule has 4 heteroatoms. The van der Waals surface area contributed by atoms with E-state index in [1.807, 2.05) is 12.1 Å². The van der Waals surface area contributed by atoms with Gasteiger partial charge in [0.1, 0.15) is 5.82 Å². The zero-order valence-electron chi connectivity index (χ0n) is 8.97. The Morgan fingerprint density at radius 3 is 3.12 bits per heavy atom. The van der Waals surface area contributed by atoms with Gasteiger partial charge in [-0.15, -0.1) is 0 Å². The fourth-order valence-corrected chi connectivity index (χ4v) is 3.04. The number of hydrogen-bond acceptors (Lipinski definition) is 4. The van der Waals surface area contributed by atoms with E-state index in [0.29, 0.717) is 6.54 Å². The molecular formula is C12H14N2OS. The molecule has 0 radical (unpaired) electrons. The van der Waals surface area contributed by atoms with Gasteiger partial charge in [0.25, 0.3) is 0 Å². The van der Waals surface area contributed by atoms with Gasteiger partial charge in [-0.3, -0.25) is 0 Å². The molecule has 1 aromatic heterocycles. The van der Waals surface area contributed by atoms with Crippen LogP contribution in [0.1, 0.15) is 12.8 Å². The minimum Gasteiger partial charge on any atom is -0.391 e. The lowest BCUT2D eigenvalue weighted by molar-refractivity contribution is 0.154. The van der Waals surface area contributed by atoms with Crippen LogP contribution in [-0.4, -0.2) is 28.7 Å². The molecule has 0 aliphatic carbocycles. The third-order valence-corrected chi connectivity index (χ3v) is 3.87. The Bertz CT molecular complexity index is 496. The molecule has 2 aromatic rings. The van der Waals surface area contributed by atoms with Gasteiger partial charge < -0.3 is 10.0 Å². The third-order valence-electron chi connectivity index (χ3n) is 3.05. The van der Waals surface area contributed by atoms with Crippen molar-refractivity contribution in [2.45, 2.75) is 18.9 Å². The number of anilines is 1. The van der Waals surface area contributed by atoms with Gasteiger partial charge in [-0.25, -0.2) is 0 Å². The molecule has 3 rings (SSSR count). The van der Waals surface area contributed by atoms with Gasteiger partial charge in [-0.1, -0.05) is 12.1 Å². The van der Waals surface area contributed by atoms with Crippen molar-refractivity contribution in [2.24, 2.45) is 0 Å². The first kappa shape index (κ1) is 10.1. The molecule has 2 heterocycles. The van der Waals surface area contributed by atoms with Crippen molar-refractivity contribution in [1.29, 1.82) is 0 Å². The minimum absolute atomic E-state index is 0.200. The standard InChI is InChI=1S/C12H14N2OS/c15-9-4-3-7-14(8-9)12-10-5-1-2-6-11(10)16-13-12/h1-2,5-6,9,15H,3-4,7-8H2/t9-/m0/s1. The molecular weight excluding hydrogens is 220 g/mol. The highest BCUT2D eigenvalue weighted by Crippen LogP contribution is 2.30. The average Bonchev–Trinajstić information content (AvgIpc) is 2.72. The molecule has 1 N–H and O–H groups in total. The monoisotopic (exact) mass is 234 g/mol. The van der Waals surface area contributed by atoms with E-state index < -0.39 is 0 Å². The van der Waals surface area contributed by atoms with Crippen LogP contribution < -0.4 is 4.90 Å². The van der Waals surface area contributed by atoms with Crippen LogP contribution in [0.25, 0.3) is 10.1 Å². The van der Waals surface area contributed by atoms with Crippen LogP contribution >= 0.6 is 11.5 Å². The highest BCUT2D eigenvalue weighted by molar-refractivity contribution is 7.13. The summed E-state index contributed by atoms with van der Waals surface area (Å²) in [5.74, 6) is 1.04. The molecule has 16 heavy (non-hydrogen) atoms. The number of β-amino-alcohol motifs (C(OH)–C–C–N with tert-alkyl or cyclic N) is 1. The maximum absolute atomic E-state index is 9.68. The molecule has 0 spiro atoms. The molecule has 84 valence electrons. The Hall–Kier alpha value is -1.13. The Labute approximate surface area is 98.5 Å². The van der Waals surface area contributed by atoms with Crippen molar-refractivity contribution >= 4 is 27.4 Å². The quantitative estimate of drug-likeness (QED) is 0.822. The second-order valence-electron chi connectivity index (χ2n) is 4.24. The number of fused-ring (bicyclic) bond motifs is 1. The highest BCUT2D eigenvalue weighted by Gasteiger charge is 2.21. The lowest BCUT2D eigenvalue weighted by Crippen LogP contribution is -2.38. The Morgan fingerprint density at radius 1 is 1.38 bits per heavy atom. The maximum Gasteiger partial charge on any atom is 0.150 e. The van der Waals surface area contributed by atoms with Crippen molar-refractivity contribution in [3.05, 3.63) is 24.3 Å². The summed E-state index contributed by atoms with van der Waals surface area (Å²) in [6, 6.07) is 8.28. The summed E-state index contributed by atoms with van der Waals surface area (Å²) in [6.45, 7) is 1.72. The first-order valence-corrected chi connectivity index (χ1v) is 6.39. The van der Waals surface area contributed by atoms with Crippen molar-refractivity contribution < 1.29 is 5.11 Å². The number of rotatable bonds is 1. The van der Waals surface area contributed by atoms with Gasteiger partial charge in [0.05, 0.1) is 10.8 Å². The number of aliphatic hydroxyl groups excluding tert-OH is 1. The van der Waals surface area contributed by atoms with Crippen molar-refractivity contribution in [2.75, 3.05) is 18.0 Å². The molecule has 1 fully saturated rings. The van der Waals surface area contributed by atoms with Gasteiger partial charge in [0.2, 0.25) is 0 Å². The number of nitrogens with zero attached hydrogens (tertiary/aromatic N) is 2. The molecule has 1 aromatic carbocycles. The van der Waals surface area contributed by atoms with Crippen molar-refractivity contribution in [3.63, 3.8) is 0 Å². The predicted molar refractivity (Wildman–Crippen MR) is 67.1 cm³/mol. The molecule has 1 saturated heterocycles. The van der Waals surface area contributed by atoms with E-state index in [4.69, 9.17) is 0 Å². The fraction of sp³-hybridized carbons (Fsp3) is 0.417. The first-order chi connectivity index (χ1) is 7.84. The molecule has 1 aliphatic rings. The molecule has 0 saturated carbocycles. The average molecular weight is 234 g/mol. The molecule has 0 bridgehead atoms. The maximum atomic E-state index is 9.68. The number of aromatic nitrogens is 1. The summed E-state index contributed by atoms with van der Waals surface area (Å²) >= 11 is 1.54. The SMILES string of the molecule is O[C@H]1CCCN(c2nsc3ccccc23)C1. The van der Waals surface area contributed by atoms with Crippen molar-refractivity contribution in [1.82, 2.24) is 4.37 Å². The summed E-state index contributed by atoms with van der Waals surface area (Å²) in [7, 11) is 0. The van der Waals surface area contributed by atoms with Gasteiger partial charge in [-0.05, 0) is 36.5 Å². The summed E-state index contributed by atoms with van der Waals surface area (Å²) in [4.78, 5) is 2.20. The molecule has 0 amide bonds. The van der Waals surface area contributed by atoms with E-state index in [0.717, 1.165) is 25.2 Å². The van der Waals surface area contributed by atoms with Gasteiger partial charge >= 0.3 is 0 Å². The number of aliphatic hydroxyl groups is 1. The smallest absolute Gasteiger partial charge is 0.150 e. The van der Waals surface area contributed by atoms with Gasteiger partial charge in [0.15, 0.2) is 0 Å². The van der Waals surface area contributed by atoms with E-state index in [-0.39, 0.29) is 6.10 Å². The minimum atomic E-state index is -0.200. The van der Waals surface area contributed by atoms with Crippen LogP contribution in [0, 0.1) is 0 Å². The lowest BCUT2D eigenvalue weighted by atomic mass is 10.1. The highest BCUT2D eigenvalue weighted by atomic mass is 32.1. The summed E-state index contributed by atoms with van der Waals surface area (Å²) in [6.07, 6.45) is 1.76. The summed E-state index contributed by atoms with van der Waals surface area (Å²) < 4.78 is 5.73. The predicted octanol–water partition coefficient (Wildman–Crippen LogP) is 2.26. The van der Waals surface area contributed by atoms with Gasteiger partial charge in [0, 0.05) is 18.5 Å². The van der Waals surface area contributed by atoms with E-state index in [1.165, 1.54) is 21.6 Å². The van der Waals surface area contributed by atoms with E-state index >= 15 is 0 Å². The van der Waals surface area contributed by atoms with Crippen LogP contribution in [0.3, 0.4) is 0 Å². The van der Waals surface area contributed by atoms with E-state index in [2.05, 4.69) is 21.4 Å². The zero-order chi connectivity index (χ0) is 11.0. The Morgan fingerprint density at radius 2 is 2.25 bits per heavy atom. The van der Waals surface area contributed by atoms with Crippen LogP contribution in [0.4, 0.5) is 5.82 Å². The fourth-order valence-electron chi connectivity index (χ4n) is 2.25. The topological polar surface area (TPSA) is 36.4 Å². The second-order valence-corrected chi connectivity index (χ2v) is 5.05. The van der Waals surface area contributed by atoms with Crippen molar-refractivity contribution in [3.8, 4) is 0 Å². The van der Waals surface area contributed by atoms with Crippen LogP contribution in [-0.2, 0) is 0 Å². The van der Waals surface area contributed by atoms with Crippen LogP contribution in [0.15, 0.2) is 24.3 Å². The van der Waals surface area contributed by atoms with Gasteiger partial charge in [-0.2, -0.15) is 4.37 Å². The number of benzene rings is 1. The number of hydrogen-bond donors (Lipinski definition) is 1. The normalized spacial score (nSPS) is 21.6. The Balaban J connectivity index is 1.99. The molecule has 1 atom stereocenters. The van der Waals surface area contributed by atoms with Crippen LogP contribution in [0.2, 0.25) is 0 Å². The Kier molecular flexibility index (Phi) is 2.53. The first-order valence-electron chi connectivity index (χ1n) is 5.62. The van der Waals surface area contributed by atoms with E-state index in [1.54, 1.807) is 0 Å². The largest absolute Gasteiger partial charge is 0.391 e. The lowest BCUT2D eigenvalue weighted by Gasteiger charge is -2.30. The van der Waals surface area contributed by atoms with E-state index in [9.17, 15) is 5.11 Å². The summed E-state index contributed by atoms with van der Waals surface area (Å²) in [5.41, 5.74) is 0. The second kappa shape index (κ2) is 4.03. The van der Waals surface area contributed by atoms with Crippen LogP contribution in [0.5, 0.6) is 0 Å². The number of piperidine rings is 1. The molecule has 1 aliphatic heterocycles. The molecule has 0 unspecified atom stereocenters. The summed E-state index contributed by atoms with van der Waals surface area (Å²) in [5, 5.41) is 10.9. The zero-order valence-corrected chi connectivity index (χ0v) is 9.78. The molecule has 3 nitrogen and oxygen atoms in total. The third kappa shape index (κ3) is 1.68.